The van der Waals surface area contributed by atoms with Crippen molar-refractivity contribution in [3.63, 3.8) is 0 Å². The third-order valence-corrected chi connectivity index (χ3v) is 7.15. The Morgan fingerprint density at radius 3 is 2.52 bits per heavy atom. The summed E-state index contributed by atoms with van der Waals surface area (Å²) in [4.78, 5) is 12.6. The van der Waals surface area contributed by atoms with Gasteiger partial charge >= 0.3 is 0 Å². The summed E-state index contributed by atoms with van der Waals surface area (Å²) in [5.74, 6) is 1.01. The van der Waals surface area contributed by atoms with E-state index >= 15 is 0 Å². The lowest BCUT2D eigenvalue weighted by Crippen LogP contribution is -2.35. The molecule has 2 aliphatic heterocycles. The van der Waals surface area contributed by atoms with E-state index in [0.717, 1.165) is 31.2 Å². The Balaban J connectivity index is 1.43. The third kappa shape index (κ3) is 5.26. The van der Waals surface area contributed by atoms with Crippen molar-refractivity contribution in [3.8, 4) is 11.5 Å². The second-order valence-corrected chi connectivity index (χ2v) is 9.51. The van der Waals surface area contributed by atoms with Crippen LogP contribution >= 0.6 is 0 Å². The molecule has 164 valence electrons. The van der Waals surface area contributed by atoms with Gasteiger partial charge in [-0.25, -0.2) is 8.42 Å². The van der Waals surface area contributed by atoms with Crippen LogP contribution in [0.5, 0.6) is 11.5 Å². The summed E-state index contributed by atoms with van der Waals surface area (Å²) in [5.41, 5.74) is 1.24. The lowest BCUT2D eigenvalue weighted by Gasteiger charge is -2.26. The highest BCUT2D eigenvalue weighted by Gasteiger charge is 2.26. The number of nitrogens with zero attached hydrogens (tertiary/aromatic N) is 1. The van der Waals surface area contributed by atoms with Crippen LogP contribution in [-0.4, -0.2) is 44.9 Å². The molecular formula is C23H26N2O5S. The lowest BCUT2D eigenvalue weighted by molar-refractivity contribution is -0.111. The number of rotatable bonds is 5. The number of sulfonamides is 1. The number of nitrogens with one attached hydrogen (secondary N) is 1. The molecule has 0 aliphatic carbocycles. The molecule has 1 fully saturated rings. The Morgan fingerprint density at radius 1 is 0.935 bits per heavy atom. The van der Waals surface area contributed by atoms with Crippen molar-refractivity contribution in [2.45, 2.75) is 30.6 Å². The standard InChI is InChI=1S/C23H26N2O5S/c26-23(11-9-18-8-10-21-22(16-18)30-15-5-14-29-21)24-19-6-4-7-20(17-19)31(27,28)25-12-2-1-3-13-25/h4,6-11,16-17H,1-3,5,12-15H2,(H,24,26)/b11-9+. The zero-order valence-corrected chi connectivity index (χ0v) is 18.1. The highest BCUT2D eigenvalue weighted by molar-refractivity contribution is 7.89. The molecule has 2 heterocycles. The summed E-state index contributed by atoms with van der Waals surface area (Å²) >= 11 is 0. The normalized spacial score (nSPS) is 17.3. The number of hydrogen-bond acceptors (Lipinski definition) is 5. The zero-order valence-electron chi connectivity index (χ0n) is 17.2. The molecule has 31 heavy (non-hydrogen) atoms. The van der Waals surface area contributed by atoms with Crippen molar-refractivity contribution >= 4 is 27.7 Å². The van der Waals surface area contributed by atoms with E-state index in [9.17, 15) is 13.2 Å². The fourth-order valence-corrected chi connectivity index (χ4v) is 5.19. The molecule has 0 saturated carbocycles. The van der Waals surface area contributed by atoms with E-state index in [2.05, 4.69) is 5.32 Å². The number of carbonyl (C=O) groups excluding carboxylic acids is 1. The maximum atomic E-state index is 12.9. The first-order valence-electron chi connectivity index (χ1n) is 10.5. The van der Waals surface area contributed by atoms with Crippen molar-refractivity contribution < 1.29 is 22.7 Å². The minimum atomic E-state index is -3.55. The van der Waals surface area contributed by atoms with Gasteiger partial charge < -0.3 is 14.8 Å². The highest BCUT2D eigenvalue weighted by Crippen LogP contribution is 2.30. The maximum absolute atomic E-state index is 12.9. The molecule has 1 saturated heterocycles. The minimum Gasteiger partial charge on any atom is -0.490 e. The highest BCUT2D eigenvalue weighted by atomic mass is 32.2. The van der Waals surface area contributed by atoms with Gasteiger partial charge in [-0.1, -0.05) is 18.6 Å². The van der Waals surface area contributed by atoms with Gasteiger partial charge in [-0.05, 0) is 54.8 Å². The van der Waals surface area contributed by atoms with Crippen molar-refractivity contribution in [1.29, 1.82) is 0 Å². The van der Waals surface area contributed by atoms with Gasteiger partial charge in [0.2, 0.25) is 15.9 Å². The van der Waals surface area contributed by atoms with Gasteiger partial charge in [0.15, 0.2) is 11.5 Å². The zero-order chi connectivity index (χ0) is 21.7. The Morgan fingerprint density at radius 2 is 1.71 bits per heavy atom. The average molecular weight is 443 g/mol. The van der Waals surface area contributed by atoms with E-state index in [0.29, 0.717) is 43.5 Å². The Hall–Kier alpha value is -2.84. The lowest BCUT2D eigenvalue weighted by atomic mass is 10.2. The number of carbonyl (C=O) groups is 1. The summed E-state index contributed by atoms with van der Waals surface area (Å²) in [7, 11) is -3.55. The summed E-state index contributed by atoms with van der Waals surface area (Å²) in [6, 6.07) is 11.9. The summed E-state index contributed by atoms with van der Waals surface area (Å²) < 4.78 is 38.5. The second-order valence-electron chi connectivity index (χ2n) is 7.57. The van der Waals surface area contributed by atoms with Crippen LogP contribution in [-0.2, 0) is 14.8 Å². The van der Waals surface area contributed by atoms with Crippen LogP contribution in [0.1, 0.15) is 31.2 Å². The third-order valence-electron chi connectivity index (χ3n) is 5.25. The molecule has 1 N–H and O–H groups in total. The fourth-order valence-electron chi connectivity index (χ4n) is 3.63. The van der Waals surface area contributed by atoms with Crippen LogP contribution in [0.25, 0.3) is 6.08 Å². The quantitative estimate of drug-likeness (QED) is 0.714. The van der Waals surface area contributed by atoms with Gasteiger partial charge in [0.1, 0.15) is 0 Å². The van der Waals surface area contributed by atoms with Crippen LogP contribution in [0, 0.1) is 0 Å². The Bertz CT molecular complexity index is 1080. The number of hydrogen-bond donors (Lipinski definition) is 1. The summed E-state index contributed by atoms with van der Waals surface area (Å²) in [6.07, 6.45) is 6.72. The van der Waals surface area contributed by atoms with E-state index < -0.39 is 10.0 Å². The van der Waals surface area contributed by atoms with Crippen LogP contribution < -0.4 is 14.8 Å². The molecule has 2 aliphatic rings. The first-order valence-corrected chi connectivity index (χ1v) is 12.0. The van der Waals surface area contributed by atoms with E-state index in [1.54, 1.807) is 24.3 Å². The predicted octanol–water partition coefficient (Wildman–Crippen LogP) is 3.67. The van der Waals surface area contributed by atoms with Gasteiger partial charge in [-0.3, -0.25) is 4.79 Å². The van der Waals surface area contributed by atoms with Gasteiger partial charge in [-0.15, -0.1) is 0 Å². The molecular weight excluding hydrogens is 416 g/mol. The monoisotopic (exact) mass is 442 g/mol. The smallest absolute Gasteiger partial charge is 0.248 e. The SMILES string of the molecule is O=C(/C=C/c1ccc2c(c1)OCCCO2)Nc1cccc(S(=O)(=O)N2CCCCC2)c1. The molecule has 8 heteroatoms. The number of ether oxygens (including phenoxy) is 2. The van der Waals surface area contributed by atoms with Crippen molar-refractivity contribution in [2.75, 3.05) is 31.6 Å². The Labute approximate surface area is 182 Å². The van der Waals surface area contributed by atoms with E-state index in [1.165, 1.54) is 16.4 Å². The van der Waals surface area contributed by atoms with Gasteiger partial charge in [0.25, 0.3) is 0 Å². The molecule has 0 aromatic heterocycles. The summed E-state index contributed by atoms with van der Waals surface area (Å²) in [6.45, 7) is 2.29. The summed E-state index contributed by atoms with van der Waals surface area (Å²) in [5, 5.41) is 2.74. The number of amides is 1. The van der Waals surface area contributed by atoms with Crippen LogP contribution in [0.4, 0.5) is 5.69 Å². The molecule has 0 unspecified atom stereocenters. The fraction of sp³-hybridized carbons (Fsp3) is 0.348. The van der Waals surface area contributed by atoms with Crippen LogP contribution in [0.15, 0.2) is 53.4 Å². The molecule has 1 amide bonds. The van der Waals surface area contributed by atoms with Crippen molar-refractivity contribution in [2.24, 2.45) is 0 Å². The molecule has 7 nitrogen and oxygen atoms in total. The van der Waals surface area contributed by atoms with Crippen molar-refractivity contribution in [1.82, 2.24) is 4.31 Å². The maximum Gasteiger partial charge on any atom is 0.248 e. The molecule has 0 spiro atoms. The van der Waals surface area contributed by atoms with Gasteiger partial charge in [0, 0.05) is 31.3 Å². The molecule has 4 rings (SSSR count). The van der Waals surface area contributed by atoms with Crippen molar-refractivity contribution in [3.05, 3.63) is 54.1 Å². The first-order chi connectivity index (χ1) is 15.0. The van der Waals surface area contributed by atoms with Crippen LogP contribution in [0.3, 0.4) is 0 Å². The predicted molar refractivity (Wildman–Crippen MR) is 119 cm³/mol. The van der Waals surface area contributed by atoms with E-state index in [1.807, 2.05) is 18.2 Å². The molecule has 0 radical (unpaired) electrons. The Kier molecular flexibility index (Phi) is 6.58. The number of piperidine rings is 1. The first kappa shape index (κ1) is 21.4. The van der Waals surface area contributed by atoms with Gasteiger partial charge in [-0.2, -0.15) is 4.31 Å². The number of fused-ring (bicyclic) bond motifs is 1. The largest absolute Gasteiger partial charge is 0.490 e. The van der Waals surface area contributed by atoms with E-state index in [-0.39, 0.29) is 10.8 Å². The molecule has 0 bridgehead atoms. The molecule has 2 aromatic rings. The minimum absolute atomic E-state index is 0.194. The second kappa shape index (κ2) is 9.53. The number of benzene rings is 2. The molecule has 0 atom stereocenters. The van der Waals surface area contributed by atoms with E-state index in [4.69, 9.17) is 9.47 Å². The van der Waals surface area contributed by atoms with Crippen LogP contribution in [0.2, 0.25) is 0 Å². The molecule has 2 aromatic carbocycles. The topological polar surface area (TPSA) is 84.9 Å². The number of anilines is 1. The average Bonchev–Trinajstić information content (AvgIpc) is 3.03. The van der Waals surface area contributed by atoms with Gasteiger partial charge in [0.05, 0.1) is 18.1 Å².